The predicted molar refractivity (Wildman–Crippen MR) is 63.5 cm³/mol. The monoisotopic (exact) mass is 232 g/mol. The Morgan fingerprint density at radius 2 is 2.41 bits per heavy atom. The number of hydrazone groups is 1. The van der Waals surface area contributed by atoms with Crippen LogP contribution in [0.15, 0.2) is 27.9 Å². The molecule has 0 aliphatic heterocycles. The molecular weight excluding hydrogens is 216 g/mol. The zero-order chi connectivity index (χ0) is 11.9. The first-order valence-corrected chi connectivity index (χ1v) is 6.09. The molecule has 0 bridgehead atoms. The van der Waals surface area contributed by atoms with E-state index in [1.54, 1.807) is 12.3 Å². The third-order valence-electron chi connectivity index (χ3n) is 4.07. The second-order valence-electron chi connectivity index (χ2n) is 5.12. The van der Waals surface area contributed by atoms with Gasteiger partial charge in [0.1, 0.15) is 11.5 Å². The number of nitrogens with one attached hydrogen (secondary N) is 1. The molecule has 0 unspecified atom stereocenters. The van der Waals surface area contributed by atoms with Gasteiger partial charge in [-0.1, -0.05) is 6.42 Å². The van der Waals surface area contributed by atoms with E-state index < -0.39 is 0 Å². The Hall–Kier alpha value is -1.58. The van der Waals surface area contributed by atoms with Crippen molar-refractivity contribution < 1.29 is 9.21 Å². The molecule has 3 rings (SSSR count). The average molecular weight is 232 g/mol. The van der Waals surface area contributed by atoms with Crippen molar-refractivity contribution in [2.75, 3.05) is 0 Å². The van der Waals surface area contributed by atoms with Crippen molar-refractivity contribution in [3.8, 4) is 0 Å². The summed E-state index contributed by atoms with van der Waals surface area (Å²) in [5.74, 6) is 0.958. The Morgan fingerprint density at radius 3 is 2.94 bits per heavy atom. The Morgan fingerprint density at radius 1 is 1.59 bits per heavy atom. The Balaban J connectivity index is 1.57. The minimum atomic E-state index is 0.0654. The Bertz CT molecular complexity index is 458. The number of carbonyl (C=O) groups is 1. The van der Waals surface area contributed by atoms with Crippen LogP contribution in [0.1, 0.15) is 38.4 Å². The van der Waals surface area contributed by atoms with E-state index >= 15 is 0 Å². The van der Waals surface area contributed by atoms with Gasteiger partial charge in [0.05, 0.1) is 6.26 Å². The highest BCUT2D eigenvalue weighted by Gasteiger charge is 2.60. The molecule has 2 saturated carbocycles. The third kappa shape index (κ3) is 1.77. The van der Waals surface area contributed by atoms with E-state index in [0.717, 1.165) is 6.42 Å². The average Bonchev–Trinajstić information content (AvgIpc) is 2.83. The lowest BCUT2D eigenvalue weighted by atomic mass is 9.80. The van der Waals surface area contributed by atoms with E-state index in [1.807, 2.05) is 13.0 Å². The summed E-state index contributed by atoms with van der Waals surface area (Å²) < 4.78 is 5.19. The molecule has 1 amide bonds. The van der Waals surface area contributed by atoms with Crippen LogP contribution < -0.4 is 5.43 Å². The zero-order valence-electron chi connectivity index (χ0n) is 9.90. The molecule has 90 valence electrons. The molecule has 1 aromatic rings. The number of hydrogen-bond acceptors (Lipinski definition) is 3. The quantitative estimate of drug-likeness (QED) is 0.642. The lowest BCUT2D eigenvalue weighted by Crippen LogP contribution is -2.26. The summed E-state index contributed by atoms with van der Waals surface area (Å²) in [6, 6.07) is 3.63. The normalized spacial score (nSPS) is 25.5. The molecule has 17 heavy (non-hydrogen) atoms. The van der Waals surface area contributed by atoms with Crippen LogP contribution in [0.4, 0.5) is 0 Å². The van der Waals surface area contributed by atoms with Gasteiger partial charge in [-0.25, -0.2) is 5.43 Å². The summed E-state index contributed by atoms with van der Waals surface area (Å²) >= 11 is 0. The van der Waals surface area contributed by atoms with Crippen LogP contribution in [0, 0.1) is 11.3 Å². The summed E-state index contributed by atoms with van der Waals surface area (Å²) in [5, 5.41) is 4.08. The fraction of sp³-hybridized carbons (Fsp3) is 0.538. The zero-order valence-corrected chi connectivity index (χ0v) is 9.90. The highest BCUT2D eigenvalue weighted by Crippen LogP contribution is 2.65. The van der Waals surface area contributed by atoms with Gasteiger partial charge in [-0.05, 0) is 43.7 Å². The molecular formula is C13H16N2O2. The molecule has 0 saturated heterocycles. The molecule has 1 heterocycles. The van der Waals surface area contributed by atoms with Gasteiger partial charge in [0.15, 0.2) is 0 Å². The number of rotatable bonds is 3. The number of hydrogen-bond donors (Lipinski definition) is 1. The molecule has 2 fully saturated rings. The SMILES string of the molecule is C/C(=N/NC(=O)[C@H]1CC12CCC2)c1ccco1. The summed E-state index contributed by atoms with van der Waals surface area (Å²) in [7, 11) is 0. The van der Waals surface area contributed by atoms with E-state index in [4.69, 9.17) is 4.42 Å². The van der Waals surface area contributed by atoms with E-state index in [-0.39, 0.29) is 11.8 Å². The highest BCUT2D eigenvalue weighted by atomic mass is 16.3. The van der Waals surface area contributed by atoms with Gasteiger partial charge in [0.2, 0.25) is 5.91 Å². The van der Waals surface area contributed by atoms with Crippen molar-refractivity contribution in [1.29, 1.82) is 0 Å². The number of carbonyl (C=O) groups excluding carboxylic acids is 1. The van der Waals surface area contributed by atoms with Gasteiger partial charge < -0.3 is 4.42 Å². The van der Waals surface area contributed by atoms with Crippen molar-refractivity contribution in [2.24, 2.45) is 16.4 Å². The predicted octanol–water partition coefficient (Wildman–Crippen LogP) is 2.31. The molecule has 2 aliphatic rings. The van der Waals surface area contributed by atoms with Gasteiger partial charge in [-0.15, -0.1) is 0 Å². The fourth-order valence-corrected chi connectivity index (χ4v) is 2.66. The second-order valence-corrected chi connectivity index (χ2v) is 5.12. The molecule has 1 aromatic heterocycles. The van der Waals surface area contributed by atoms with Gasteiger partial charge in [0.25, 0.3) is 0 Å². The molecule has 0 aromatic carbocycles. The molecule has 1 spiro atoms. The van der Waals surface area contributed by atoms with E-state index in [2.05, 4.69) is 10.5 Å². The molecule has 1 N–H and O–H groups in total. The lowest BCUT2D eigenvalue weighted by Gasteiger charge is -2.25. The maximum atomic E-state index is 11.8. The largest absolute Gasteiger partial charge is 0.463 e. The lowest BCUT2D eigenvalue weighted by molar-refractivity contribution is -0.123. The van der Waals surface area contributed by atoms with Crippen molar-refractivity contribution >= 4 is 11.6 Å². The fourth-order valence-electron chi connectivity index (χ4n) is 2.66. The summed E-state index contributed by atoms with van der Waals surface area (Å²) in [5.41, 5.74) is 3.70. The topological polar surface area (TPSA) is 54.6 Å². The second kappa shape index (κ2) is 3.72. The summed E-state index contributed by atoms with van der Waals surface area (Å²) in [6.45, 7) is 1.82. The van der Waals surface area contributed by atoms with Gasteiger partial charge in [-0.3, -0.25) is 4.79 Å². The van der Waals surface area contributed by atoms with E-state index in [0.29, 0.717) is 16.9 Å². The van der Waals surface area contributed by atoms with Gasteiger partial charge in [0, 0.05) is 5.92 Å². The summed E-state index contributed by atoms with van der Waals surface area (Å²) in [6.07, 6.45) is 6.35. The van der Waals surface area contributed by atoms with Crippen molar-refractivity contribution in [1.82, 2.24) is 5.43 Å². The van der Waals surface area contributed by atoms with E-state index in [9.17, 15) is 4.79 Å². The van der Waals surface area contributed by atoms with Crippen LogP contribution in [0.25, 0.3) is 0 Å². The third-order valence-corrected chi connectivity index (χ3v) is 4.07. The molecule has 4 nitrogen and oxygen atoms in total. The number of nitrogens with zero attached hydrogens (tertiary/aromatic N) is 1. The van der Waals surface area contributed by atoms with Crippen molar-refractivity contribution in [2.45, 2.75) is 32.6 Å². The maximum absolute atomic E-state index is 11.8. The minimum absolute atomic E-state index is 0.0654. The summed E-state index contributed by atoms with van der Waals surface area (Å²) in [4.78, 5) is 11.8. The molecule has 0 radical (unpaired) electrons. The Kier molecular flexibility index (Phi) is 2.31. The minimum Gasteiger partial charge on any atom is -0.463 e. The molecule has 1 atom stereocenters. The molecule has 2 aliphatic carbocycles. The van der Waals surface area contributed by atoms with Crippen LogP contribution in [-0.4, -0.2) is 11.6 Å². The van der Waals surface area contributed by atoms with Gasteiger partial charge in [-0.2, -0.15) is 5.10 Å². The van der Waals surface area contributed by atoms with Crippen LogP contribution in [0.3, 0.4) is 0 Å². The highest BCUT2D eigenvalue weighted by molar-refractivity contribution is 5.97. The maximum Gasteiger partial charge on any atom is 0.243 e. The first-order chi connectivity index (χ1) is 8.21. The standard InChI is InChI=1S/C13H16N2O2/c1-9(11-4-2-7-17-11)14-15-12(16)10-8-13(10)5-3-6-13/h2,4,7,10H,3,5-6,8H2,1H3,(H,15,16)/b14-9-/t10-/m1/s1. The van der Waals surface area contributed by atoms with Crippen LogP contribution in [-0.2, 0) is 4.79 Å². The van der Waals surface area contributed by atoms with Crippen LogP contribution >= 0.6 is 0 Å². The first-order valence-electron chi connectivity index (χ1n) is 6.09. The number of amides is 1. The number of furan rings is 1. The smallest absolute Gasteiger partial charge is 0.243 e. The Labute approximate surface area is 100 Å². The van der Waals surface area contributed by atoms with Crippen LogP contribution in [0.5, 0.6) is 0 Å². The van der Waals surface area contributed by atoms with Crippen molar-refractivity contribution in [3.05, 3.63) is 24.2 Å². The first kappa shape index (κ1) is 10.6. The molecule has 4 heteroatoms. The van der Waals surface area contributed by atoms with Gasteiger partial charge >= 0.3 is 0 Å². The van der Waals surface area contributed by atoms with Crippen LogP contribution in [0.2, 0.25) is 0 Å². The van der Waals surface area contributed by atoms with E-state index in [1.165, 1.54) is 19.3 Å². The van der Waals surface area contributed by atoms with Crippen molar-refractivity contribution in [3.63, 3.8) is 0 Å².